The van der Waals surface area contributed by atoms with Gasteiger partial charge in [-0.1, -0.05) is 35.5 Å². The van der Waals surface area contributed by atoms with E-state index in [0.717, 1.165) is 10.7 Å². The fraction of sp³-hybridized carbons (Fsp3) is 0.0909. The summed E-state index contributed by atoms with van der Waals surface area (Å²) in [6.07, 6.45) is 0. The fourth-order valence-corrected chi connectivity index (χ4v) is 2.90. The molecule has 1 aromatic heterocycles. The lowest BCUT2D eigenvalue weighted by Crippen LogP contribution is -2.15. The summed E-state index contributed by atoms with van der Waals surface area (Å²) in [5.74, 6) is 0. The van der Waals surface area contributed by atoms with E-state index >= 15 is 0 Å². The third-order valence-electron chi connectivity index (χ3n) is 2.51. The Bertz CT molecular complexity index is 559. The number of rotatable bonds is 0. The van der Waals surface area contributed by atoms with Gasteiger partial charge in [-0.25, -0.2) is 0 Å². The Morgan fingerprint density at radius 1 is 1.19 bits per heavy atom. The topological polar surface area (TPSA) is 29.0 Å². The van der Waals surface area contributed by atoms with E-state index in [1.165, 1.54) is 10.6 Å². The van der Waals surface area contributed by atoms with Crippen LogP contribution in [0.1, 0.15) is 0 Å². The molecule has 0 unspecified atom stereocenters. The molecule has 2 aromatic rings. The first-order valence-electron chi connectivity index (χ1n) is 4.79. The number of para-hydroxylation sites is 1. The molecule has 80 valence electrons. The summed E-state index contributed by atoms with van der Waals surface area (Å²) < 4.78 is 0. The third-order valence-corrected chi connectivity index (χ3v) is 3.74. The van der Waals surface area contributed by atoms with Crippen LogP contribution in [0.4, 0.5) is 11.4 Å². The summed E-state index contributed by atoms with van der Waals surface area (Å²) >= 11 is 7.48. The Morgan fingerprint density at radius 3 is 2.88 bits per heavy atom. The molecule has 2 heterocycles. The lowest BCUT2D eigenvalue weighted by Gasteiger charge is -2.27. The molecule has 5 heteroatoms. The first-order valence-corrected chi connectivity index (χ1v) is 5.99. The molecule has 0 saturated heterocycles. The zero-order valence-electron chi connectivity index (χ0n) is 8.51. The molecule has 0 bridgehead atoms. The third kappa shape index (κ3) is 1.45. The van der Waals surface area contributed by atoms with E-state index < -0.39 is 0 Å². The molecular weight excluding hydrogens is 242 g/mol. The minimum atomic E-state index is 0.422. The van der Waals surface area contributed by atoms with Crippen molar-refractivity contribution in [2.45, 2.75) is 9.92 Å². The van der Waals surface area contributed by atoms with Gasteiger partial charge in [-0.05, 0) is 12.1 Å². The van der Waals surface area contributed by atoms with Gasteiger partial charge in [0.25, 0.3) is 0 Å². The van der Waals surface area contributed by atoms with Crippen molar-refractivity contribution >= 4 is 34.7 Å². The molecule has 1 aliphatic rings. The largest absolute Gasteiger partial charge is 0.341 e. The average molecular weight is 250 g/mol. The van der Waals surface area contributed by atoms with Crippen LogP contribution in [-0.2, 0) is 0 Å². The summed E-state index contributed by atoms with van der Waals surface area (Å²) in [5, 5.41) is 9.29. The van der Waals surface area contributed by atoms with E-state index in [2.05, 4.69) is 27.2 Å². The Kier molecular flexibility index (Phi) is 2.26. The normalized spacial score (nSPS) is 13.2. The molecule has 3 nitrogen and oxygen atoms in total. The van der Waals surface area contributed by atoms with Crippen molar-refractivity contribution in [2.24, 2.45) is 0 Å². The number of anilines is 2. The lowest BCUT2D eigenvalue weighted by molar-refractivity contribution is 0.906. The van der Waals surface area contributed by atoms with E-state index in [4.69, 9.17) is 11.6 Å². The molecule has 0 N–H and O–H groups in total. The van der Waals surface area contributed by atoms with E-state index in [0.29, 0.717) is 5.15 Å². The van der Waals surface area contributed by atoms with E-state index in [9.17, 15) is 0 Å². The molecule has 0 fully saturated rings. The highest BCUT2D eigenvalue weighted by Crippen LogP contribution is 2.46. The van der Waals surface area contributed by atoms with Gasteiger partial charge in [0.15, 0.2) is 5.15 Å². The second kappa shape index (κ2) is 3.64. The summed E-state index contributed by atoms with van der Waals surface area (Å²) in [7, 11) is 2.01. The van der Waals surface area contributed by atoms with Gasteiger partial charge in [-0.15, -0.1) is 10.2 Å². The first-order chi connectivity index (χ1) is 7.75. The summed E-state index contributed by atoms with van der Waals surface area (Å²) in [5.41, 5.74) is 2.17. The monoisotopic (exact) mass is 249 g/mol. The molecule has 16 heavy (non-hydrogen) atoms. The summed E-state index contributed by atoms with van der Waals surface area (Å²) in [6, 6.07) is 10.0. The predicted molar refractivity (Wildman–Crippen MR) is 65.7 cm³/mol. The number of hydrogen-bond acceptors (Lipinski definition) is 4. The molecule has 0 spiro atoms. The van der Waals surface area contributed by atoms with Gasteiger partial charge in [0.1, 0.15) is 5.03 Å². The maximum atomic E-state index is 5.86. The Balaban J connectivity index is 2.19. The Labute approximate surface area is 102 Å². The van der Waals surface area contributed by atoms with E-state index in [1.54, 1.807) is 11.8 Å². The van der Waals surface area contributed by atoms with Crippen LogP contribution >= 0.6 is 23.4 Å². The molecular formula is C11H8ClN3S. The smallest absolute Gasteiger partial charge is 0.153 e. The number of halogens is 1. The van der Waals surface area contributed by atoms with Crippen LogP contribution in [0.2, 0.25) is 5.15 Å². The van der Waals surface area contributed by atoms with Gasteiger partial charge in [0.05, 0.1) is 11.4 Å². The van der Waals surface area contributed by atoms with Crippen molar-refractivity contribution in [1.29, 1.82) is 0 Å². The van der Waals surface area contributed by atoms with Gasteiger partial charge in [-0.2, -0.15) is 0 Å². The van der Waals surface area contributed by atoms with Crippen LogP contribution in [-0.4, -0.2) is 17.2 Å². The van der Waals surface area contributed by atoms with Crippen LogP contribution in [0, 0.1) is 0 Å². The average Bonchev–Trinajstić information content (AvgIpc) is 2.31. The highest BCUT2D eigenvalue weighted by atomic mass is 35.5. The fourth-order valence-electron chi connectivity index (χ4n) is 1.72. The van der Waals surface area contributed by atoms with Crippen LogP contribution in [0.5, 0.6) is 0 Å². The van der Waals surface area contributed by atoms with Crippen molar-refractivity contribution < 1.29 is 0 Å². The van der Waals surface area contributed by atoms with Crippen molar-refractivity contribution in [3.8, 4) is 0 Å². The van der Waals surface area contributed by atoms with E-state index in [-0.39, 0.29) is 0 Å². The SMILES string of the molecule is CN1c2ccccc2Sc2nnc(Cl)cc21. The zero-order chi connectivity index (χ0) is 11.1. The molecule has 0 aliphatic carbocycles. The number of nitrogens with zero attached hydrogens (tertiary/aromatic N) is 3. The first kappa shape index (κ1) is 9.93. The highest BCUT2D eigenvalue weighted by Gasteiger charge is 2.21. The Morgan fingerprint density at radius 2 is 2.00 bits per heavy atom. The van der Waals surface area contributed by atoms with Gasteiger partial charge < -0.3 is 4.90 Å². The molecule has 1 aliphatic heterocycles. The molecule has 0 amide bonds. The van der Waals surface area contributed by atoms with Gasteiger partial charge in [0.2, 0.25) is 0 Å². The maximum Gasteiger partial charge on any atom is 0.153 e. The van der Waals surface area contributed by atoms with E-state index in [1.807, 2.05) is 25.2 Å². The molecule has 3 rings (SSSR count). The van der Waals surface area contributed by atoms with Crippen LogP contribution in [0.15, 0.2) is 40.3 Å². The number of benzene rings is 1. The van der Waals surface area contributed by atoms with Crippen LogP contribution < -0.4 is 4.90 Å². The summed E-state index contributed by atoms with van der Waals surface area (Å²) in [6.45, 7) is 0. The lowest BCUT2D eigenvalue weighted by atomic mass is 10.2. The second-order valence-corrected chi connectivity index (χ2v) is 4.90. The van der Waals surface area contributed by atoms with Gasteiger partial charge in [-0.3, -0.25) is 0 Å². The Hall–Kier alpha value is -1.26. The van der Waals surface area contributed by atoms with Crippen molar-refractivity contribution in [1.82, 2.24) is 10.2 Å². The highest BCUT2D eigenvalue weighted by molar-refractivity contribution is 7.99. The quantitative estimate of drug-likeness (QED) is 0.716. The predicted octanol–water partition coefficient (Wildman–Crippen LogP) is 3.36. The van der Waals surface area contributed by atoms with Crippen molar-refractivity contribution in [3.05, 3.63) is 35.5 Å². The zero-order valence-corrected chi connectivity index (χ0v) is 10.1. The van der Waals surface area contributed by atoms with Crippen LogP contribution in [0.25, 0.3) is 0 Å². The minimum absolute atomic E-state index is 0.422. The molecule has 0 radical (unpaired) electrons. The minimum Gasteiger partial charge on any atom is -0.341 e. The summed E-state index contributed by atoms with van der Waals surface area (Å²) in [4.78, 5) is 3.27. The van der Waals surface area contributed by atoms with Gasteiger partial charge in [0, 0.05) is 18.0 Å². The van der Waals surface area contributed by atoms with Gasteiger partial charge >= 0.3 is 0 Å². The maximum absolute atomic E-state index is 5.86. The van der Waals surface area contributed by atoms with Crippen molar-refractivity contribution in [2.75, 3.05) is 11.9 Å². The number of fused-ring (bicyclic) bond motifs is 2. The number of hydrogen-bond donors (Lipinski definition) is 0. The molecule has 0 saturated carbocycles. The van der Waals surface area contributed by atoms with Crippen molar-refractivity contribution in [3.63, 3.8) is 0 Å². The molecule has 0 atom stereocenters. The molecule has 1 aromatic carbocycles. The standard InChI is InChI=1S/C11H8ClN3S/c1-15-7-4-2-3-5-9(7)16-11-8(15)6-10(12)13-14-11/h2-6H,1H3. The second-order valence-electron chi connectivity index (χ2n) is 3.49. The number of aromatic nitrogens is 2. The van der Waals surface area contributed by atoms with Crippen LogP contribution in [0.3, 0.4) is 0 Å².